The molecule has 1 amide bonds. The number of amides is 1. The molecule has 6 heteroatoms. The van der Waals surface area contributed by atoms with E-state index in [1.165, 1.54) is 0 Å². The average molecular weight is 351 g/mol. The first-order valence-corrected chi connectivity index (χ1v) is 8.81. The van der Waals surface area contributed by atoms with Crippen LogP contribution in [-0.2, 0) is 11.2 Å². The van der Waals surface area contributed by atoms with Crippen LogP contribution in [-0.4, -0.2) is 47.1 Å². The van der Waals surface area contributed by atoms with Crippen LogP contribution in [0.5, 0.6) is 0 Å². The molecule has 0 unspecified atom stereocenters. The Labute approximate surface area is 151 Å². The highest BCUT2D eigenvalue weighted by Crippen LogP contribution is 2.22. The molecule has 6 nitrogen and oxygen atoms in total. The lowest BCUT2D eigenvalue weighted by Gasteiger charge is -2.23. The minimum absolute atomic E-state index is 0.0314. The summed E-state index contributed by atoms with van der Waals surface area (Å²) in [4.78, 5) is 23.1. The second kappa shape index (κ2) is 7.25. The zero-order valence-corrected chi connectivity index (χ0v) is 14.7. The summed E-state index contributed by atoms with van der Waals surface area (Å²) in [5.41, 5.74) is 2.46. The lowest BCUT2D eigenvalue weighted by atomic mass is 10.0. The first-order chi connectivity index (χ1) is 12.7. The summed E-state index contributed by atoms with van der Waals surface area (Å²) in [5.74, 6) is 1.10. The number of fused-ring (bicyclic) bond motifs is 1. The van der Waals surface area contributed by atoms with Crippen LogP contribution < -0.4 is 0 Å². The van der Waals surface area contributed by atoms with Crippen LogP contribution in [0.1, 0.15) is 21.8 Å². The molecule has 3 heterocycles. The molecule has 2 aromatic heterocycles. The lowest BCUT2D eigenvalue weighted by molar-refractivity contribution is 0.0737. The summed E-state index contributed by atoms with van der Waals surface area (Å²) in [5, 5.41) is 0.956. The summed E-state index contributed by atoms with van der Waals surface area (Å²) in [6, 6.07) is 9.46. The Morgan fingerprint density at radius 2 is 2.23 bits per heavy atom. The Balaban J connectivity index is 1.51. The van der Waals surface area contributed by atoms with Crippen LogP contribution in [0.15, 0.2) is 47.3 Å². The van der Waals surface area contributed by atoms with Crippen molar-refractivity contribution in [1.82, 2.24) is 14.9 Å². The average Bonchev–Trinajstić information content (AvgIpc) is 2.87. The monoisotopic (exact) mass is 351 g/mol. The Kier molecular flexibility index (Phi) is 4.67. The van der Waals surface area contributed by atoms with Gasteiger partial charge in [-0.1, -0.05) is 0 Å². The van der Waals surface area contributed by atoms with Crippen molar-refractivity contribution in [3.05, 3.63) is 59.9 Å². The molecule has 1 saturated heterocycles. The minimum Gasteiger partial charge on any atom is -0.461 e. The fourth-order valence-electron chi connectivity index (χ4n) is 3.41. The van der Waals surface area contributed by atoms with E-state index in [4.69, 9.17) is 9.15 Å². The summed E-state index contributed by atoms with van der Waals surface area (Å²) in [7, 11) is 0. The van der Waals surface area contributed by atoms with E-state index in [0.717, 1.165) is 28.8 Å². The molecule has 0 N–H and O–H groups in total. The standard InChI is InChI=1S/C20H21N3O3/c1-14-8-17-10-16(2-3-19(17)26-14)20(24)23-6-7-25-12-15(11-23)9-18-4-5-21-13-22-18/h2-5,8,10,13,15H,6-7,9,11-12H2,1H3/t15-/m0/s1. The predicted octanol–water partition coefficient (Wildman–Crippen LogP) is 2.86. The first kappa shape index (κ1) is 16.7. The van der Waals surface area contributed by atoms with E-state index in [0.29, 0.717) is 31.9 Å². The molecule has 1 fully saturated rings. The minimum atomic E-state index is 0.0314. The van der Waals surface area contributed by atoms with Crippen molar-refractivity contribution in [3.8, 4) is 0 Å². The fourth-order valence-corrected chi connectivity index (χ4v) is 3.41. The predicted molar refractivity (Wildman–Crippen MR) is 96.9 cm³/mol. The molecule has 4 rings (SSSR count). The molecule has 0 aliphatic carbocycles. The molecule has 1 aliphatic heterocycles. The van der Waals surface area contributed by atoms with E-state index in [1.807, 2.05) is 42.2 Å². The Morgan fingerprint density at radius 1 is 1.31 bits per heavy atom. The molecule has 0 saturated carbocycles. The number of carbonyl (C=O) groups is 1. The van der Waals surface area contributed by atoms with Gasteiger partial charge in [0.25, 0.3) is 5.91 Å². The number of aromatic nitrogens is 2. The number of hydrogen-bond acceptors (Lipinski definition) is 5. The molecule has 0 spiro atoms. The first-order valence-electron chi connectivity index (χ1n) is 8.81. The second-order valence-electron chi connectivity index (χ2n) is 6.71. The van der Waals surface area contributed by atoms with Gasteiger partial charge in [0.1, 0.15) is 17.7 Å². The van der Waals surface area contributed by atoms with Gasteiger partial charge in [0.2, 0.25) is 0 Å². The zero-order valence-electron chi connectivity index (χ0n) is 14.7. The molecule has 0 bridgehead atoms. The van der Waals surface area contributed by atoms with Crippen LogP contribution >= 0.6 is 0 Å². The highest BCUT2D eigenvalue weighted by atomic mass is 16.5. The van der Waals surface area contributed by atoms with E-state index >= 15 is 0 Å². The van der Waals surface area contributed by atoms with Crippen molar-refractivity contribution in [2.75, 3.05) is 26.3 Å². The third kappa shape index (κ3) is 3.60. The van der Waals surface area contributed by atoms with Gasteiger partial charge >= 0.3 is 0 Å². The van der Waals surface area contributed by atoms with Crippen LogP contribution in [0.2, 0.25) is 0 Å². The molecule has 26 heavy (non-hydrogen) atoms. The fraction of sp³-hybridized carbons (Fsp3) is 0.350. The van der Waals surface area contributed by atoms with Crippen molar-refractivity contribution < 1.29 is 13.9 Å². The normalized spacial score (nSPS) is 18.0. The number of aryl methyl sites for hydroxylation is 1. The molecule has 1 aliphatic rings. The summed E-state index contributed by atoms with van der Waals surface area (Å²) in [6.07, 6.45) is 4.06. The molecule has 1 atom stereocenters. The SMILES string of the molecule is Cc1cc2cc(C(=O)N3CCOC[C@@H](Cc4ccncn4)C3)ccc2o1. The largest absolute Gasteiger partial charge is 0.461 e. The Morgan fingerprint density at radius 3 is 3.08 bits per heavy atom. The Hall–Kier alpha value is -2.73. The third-order valence-electron chi connectivity index (χ3n) is 4.65. The van der Waals surface area contributed by atoms with Gasteiger partial charge in [-0.15, -0.1) is 0 Å². The van der Waals surface area contributed by atoms with Gasteiger partial charge in [-0.25, -0.2) is 9.97 Å². The number of hydrogen-bond donors (Lipinski definition) is 0. The second-order valence-corrected chi connectivity index (χ2v) is 6.71. The molecule has 1 aromatic carbocycles. The van der Waals surface area contributed by atoms with Crippen molar-refractivity contribution in [1.29, 1.82) is 0 Å². The Bertz CT molecular complexity index is 907. The highest BCUT2D eigenvalue weighted by molar-refractivity contribution is 5.97. The van der Waals surface area contributed by atoms with E-state index in [-0.39, 0.29) is 11.8 Å². The van der Waals surface area contributed by atoms with Gasteiger partial charge in [0, 0.05) is 41.8 Å². The van der Waals surface area contributed by atoms with Crippen molar-refractivity contribution in [2.24, 2.45) is 5.92 Å². The quantitative estimate of drug-likeness (QED) is 0.726. The number of furan rings is 1. The van der Waals surface area contributed by atoms with E-state index < -0.39 is 0 Å². The van der Waals surface area contributed by atoms with E-state index in [9.17, 15) is 4.79 Å². The van der Waals surface area contributed by atoms with Crippen molar-refractivity contribution >= 4 is 16.9 Å². The van der Waals surface area contributed by atoms with Crippen LogP contribution in [0.4, 0.5) is 0 Å². The summed E-state index contributed by atoms with van der Waals surface area (Å²) in [6.45, 7) is 4.35. The lowest BCUT2D eigenvalue weighted by Crippen LogP contribution is -2.36. The van der Waals surface area contributed by atoms with Gasteiger partial charge in [-0.2, -0.15) is 0 Å². The smallest absolute Gasteiger partial charge is 0.253 e. The maximum Gasteiger partial charge on any atom is 0.253 e. The number of benzene rings is 1. The number of carbonyl (C=O) groups excluding carboxylic acids is 1. The number of ether oxygens (including phenoxy) is 1. The van der Waals surface area contributed by atoms with Crippen molar-refractivity contribution in [2.45, 2.75) is 13.3 Å². The molecule has 3 aromatic rings. The molecular weight excluding hydrogens is 330 g/mol. The summed E-state index contributed by atoms with van der Waals surface area (Å²) < 4.78 is 11.3. The van der Waals surface area contributed by atoms with E-state index in [1.54, 1.807) is 12.5 Å². The highest BCUT2D eigenvalue weighted by Gasteiger charge is 2.24. The van der Waals surface area contributed by atoms with Gasteiger partial charge in [-0.05, 0) is 43.7 Å². The van der Waals surface area contributed by atoms with Gasteiger partial charge in [0.05, 0.1) is 13.2 Å². The molecule has 0 radical (unpaired) electrons. The molecule has 134 valence electrons. The van der Waals surface area contributed by atoms with Crippen LogP contribution in [0.25, 0.3) is 11.0 Å². The number of nitrogens with zero attached hydrogens (tertiary/aromatic N) is 3. The third-order valence-corrected chi connectivity index (χ3v) is 4.65. The van der Waals surface area contributed by atoms with Gasteiger partial charge in [-0.3, -0.25) is 4.79 Å². The topological polar surface area (TPSA) is 68.5 Å². The maximum absolute atomic E-state index is 13.0. The van der Waals surface area contributed by atoms with Crippen LogP contribution in [0, 0.1) is 12.8 Å². The van der Waals surface area contributed by atoms with E-state index in [2.05, 4.69) is 9.97 Å². The zero-order chi connectivity index (χ0) is 17.9. The van der Waals surface area contributed by atoms with Gasteiger partial charge < -0.3 is 14.1 Å². The molecular formula is C20H21N3O3. The van der Waals surface area contributed by atoms with Crippen molar-refractivity contribution in [3.63, 3.8) is 0 Å². The van der Waals surface area contributed by atoms with Crippen LogP contribution in [0.3, 0.4) is 0 Å². The van der Waals surface area contributed by atoms with Gasteiger partial charge in [0.15, 0.2) is 0 Å². The summed E-state index contributed by atoms with van der Waals surface area (Å²) >= 11 is 0. The maximum atomic E-state index is 13.0. The number of rotatable bonds is 3.